The largest absolute Gasteiger partial charge is 0.315 e. The van der Waals surface area contributed by atoms with Gasteiger partial charge >= 0.3 is 0 Å². The van der Waals surface area contributed by atoms with Gasteiger partial charge in [0.1, 0.15) is 0 Å². The number of nitrogens with one attached hydrogen (secondary N) is 1. The van der Waals surface area contributed by atoms with Gasteiger partial charge in [-0.3, -0.25) is 0 Å². The summed E-state index contributed by atoms with van der Waals surface area (Å²) in [6.07, 6.45) is 3.54. The highest BCUT2D eigenvalue weighted by Gasteiger charge is 2.28. The van der Waals surface area contributed by atoms with Crippen molar-refractivity contribution in [2.24, 2.45) is 0 Å². The van der Waals surface area contributed by atoms with Gasteiger partial charge in [0.2, 0.25) is 10.0 Å². The number of sulfonamides is 1. The second kappa shape index (κ2) is 8.32. The smallest absolute Gasteiger partial charge is 0.214 e. The Morgan fingerprint density at radius 2 is 1.85 bits per heavy atom. The molecule has 5 nitrogen and oxygen atoms in total. The molecule has 1 heterocycles. The number of rotatable bonds is 8. The monoisotopic (exact) mass is 305 g/mol. The Hall–Kier alpha value is -0.170. The summed E-state index contributed by atoms with van der Waals surface area (Å²) in [4.78, 5) is 2.26. The number of hydrogen-bond donors (Lipinski definition) is 1. The van der Waals surface area contributed by atoms with Gasteiger partial charge in [-0.2, -0.15) is 0 Å². The van der Waals surface area contributed by atoms with Crippen LogP contribution in [0.2, 0.25) is 0 Å². The van der Waals surface area contributed by atoms with Crippen LogP contribution in [-0.2, 0) is 10.0 Å². The van der Waals surface area contributed by atoms with Crippen LogP contribution in [0.25, 0.3) is 0 Å². The van der Waals surface area contributed by atoms with Gasteiger partial charge < -0.3 is 10.2 Å². The van der Waals surface area contributed by atoms with Crippen LogP contribution < -0.4 is 5.32 Å². The van der Waals surface area contributed by atoms with Gasteiger partial charge in [0.15, 0.2) is 0 Å². The van der Waals surface area contributed by atoms with Crippen LogP contribution in [-0.4, -0.2) is 69.2 Å². The Labute approximate surface area is 124 Å². The van der Waals surface area contributed by atoms with Gasteiger partial charge in [0.25, 0.3) is 0 Å². The molecule has 1 aliphatic rings. The minimum Gasteiger partial charge on any atom is -0.315 e. The number of nitrogens with zero attached hydrogens (tertiary/aromatic N) is 2. The van der Waals surface area contributed by atoms with Crippen LogP contribution in [0.5, 0.6) is 0 Å². The highest BCUT2D eigenvalue weighted by molar-refractivity contribution is 7.89. The number of unbranched alkanes of at least 4 members (excludes halogenated alkanes) is 1. The maximum Gasteiger partial charge on any atom is 0.214 e. The second-order valence-corrected chi connectivity index (χ2v) is 8.33. The van der Waals surface area contributed by atoms with Crippen molar-refractivity contribution in [2.75, 3.05) is 39.5 Å². The van der Waals surface area contributed by atoms with Crippen LogP contribution in [0.15, 0.2) is 0 Å². The van der Waals surface area contributed by atoms with E-state index >= 15 is 0 Å². The first-order valence-corrected chi connectivity index (χ1v) is 9.31. The Balaban J connectivity index is 2.32. The van der Waals surface area contributed by atoms with E-state index in [4.69, 9.17) is 0 Å². The Morgan fingerprint density at radius 1 is 1.25 bits per heavy atom. The second-order valence-electron chi connectivity index (χ2n) is 6.18. The van der Waals surface area contributed by atoms with Crippen LogP contribution in [0, 0.1) is 0 Å². The summed E-state index contributed by atoms with van der Waals surface area (Å²) in [6, 6.07) is 0.651. The zero-order valence-corrected chi connectivity index (χ0v) is 14.2. The van der Waals surface area contributed by atoms with Crippen molar-refractivity contribution >= 4 is 10.0 Å². The number of piperidine rings is 1. The molecule has 1 saturated heterocycles. The Kier molecular flexibility index (Phi) is 7.43. The van der Waals surface area contributed by atoms with Crippen molar-refractivity contribution in [3.05, 3.63) is 0 Å². The lowest BCUT2D eigenvalue weighted by Crippen LogP contribution is -2.45. The third-order valence-corrected chi connectivity index (χ3v) is 6.00. The van der Waals surface area contributed by atoms with Gasteiger partial charge in [0.05, 0.1) is 5.75 Å². The molecule has 0 aromatic heterocycles. The fourth-order valence-corrected chi connectivity index (χ4v) is 4.05. The molecule has 20 heavy (non-hydrogen) atoms. The van der Waals surface area contributed by atoms with Crippen molar-refractivity contribution in [1.82, 2.24) is 14.5 Å². The molecule has 0 saturated carbocycles. The first-order valence-electron chi connectivity index (χ1n) is 7.70. The molecule has 1 N–H and O–H groups in total. The average Bonchev–Trinajstić information content (AvgIpc) is 2.38. The summed E-state index contributed by atoms with van der Waals surface area (Å²) in [5.74, 6) is 0.273. The SMILES string of the molecule is CC(C)NCCCCS(=O)(=O)N(C)C1CCN(C)CC1. The predicted octanol–water partition coefficient (Wildman–Crippen LogP) is 1.12. The van der Waals surface area contributed by atoms with E-state index in [0.29, 0.717) is 6.04 Å². The van der Waals surface area contributed by atoms with Crippen molar-refractivity contribution in [1.29, 1.82) is 0 Å². The van der Waals surface area contributed by atoms with E-state index in [1.54, 1.807) is 11.4 Å². The molecule has 0 amide bonds. The lowest BCUT2D eigenvalue weighted by atomic mass is 10.1. The maximum absolute atomic E-state index is 12.3. The summed E-state index contributed by atoms with van der Waals surface area (Å²) in [6.45, 7) is 7.08. The van der Waals surface area contributed by atoms with Gasteiger partial charge in [0, 0.05) is 19.1 Å². The summed E-state index contributed by atoms with van der Waals surface area (Å²) in [5.41, 5.74) is 0. The fraction of sp³-hybridized carbons (Fsp3) is 1.00. The topological polar surface area (TPSA) is 52.7 Å². The van der Waals surface area contributed by atoms with Crippen LogP contribution in [0.1, 0.15) is 39.5 Å². The molecular weight excluding hydrogens is 274 g/mol. The molecule has 0 aliphatic carbocycles. The average molecular weight is 305 g/mol. The highest BCUT2D eigenvalue weighted by Crippen LogP contribution is 2.17. The Bertz CT molecular complexity index is 363. The molecular formula is C14H31N3O2S. The predicted molar refractivity (Wildman–Crippen MR) is 84.4 cm³/mol. The third kappa shape index (κ3) is 6.08. The fourth-order valence-electron chi connectivity index (χ4n) is 2.53. The van der Waals surface area contributed by atoms with E-state index in [1.165, 1.54) is 0 Å². The number of likely N-dealkylation sites (tertiary alicyclic amines) is 1. The third-order valence-electron chi connectivity index (χ3n) is 4.02. The summed E-state index contributed by atoms with van der Waals surface area (Å²) < 4.78 is 26.2. The van der Waals surface area contributed by atoms with Crippen LogP contribution in [0.4, 0.5) is 0 Å². The molecule has 0 atom stereocenters. The molecule has 120 valence electrons. The van der Waals surface area contributed by atoms with Crippen molar-refractivity contribution in [2.45, 2.75) is 51.6 Å². The van der Waals surface area contributed by atoms with E-state index in [2.05, 4.69) is 31.1 Å². The van der Waals surface area contributed by atoms with E-state index in [1.807, 2.05) is 0 Å². The van der Waals surface area contributed by atoms with Gasteiger partial charge in [-0.15, -0.1) is 0 Å². The standard InChI is InChI=1S/C14H31N3O2S/c1-13(2)15-9-5-6-12-20(18,19)17(4)14-7-10-16(3)11-8-14/h13-15H,5-12H2,1-4H3. The quantitative estimate of drug-likeness (QED) is 0.683. The lowest BCUT2D eigenvalue weighted by Gasteiger charge is -2.34. The molecule has 1 rings (SSSR count). The van der Waals surface area contributed by atoms with E-state index in [-0.39, 0.29) is 11.8 Å². The molecule has 0 aromatic rings. The molecule has 0 unspecified atom stereocenters. The molecule has 0 bridgehead atoms. The first kappa shape index (κ1) is 17.9. The van der Waals surface area contributed by atoms with Gasteiger partial charge in [-0.05, 0) is 52.4 Å². The highest BCUT2D eigenvalue weighted by atomic mass is 32.2. The summed E-state index contributed by atoms with van der Waals surface area (Å²) in [7, 11) is 0.746. The van der Waals surface area contributed by atoms with Crippen LogP contribution in [0.3, 0.4) is 0 Å². The normalized spacial score (nSPS) is 19.1. The first-order chi connectivity index (χ1) is 9.33. The van der Waals surface area contributed by atoms with Crippen LogP contribution >= 0.6 is 0 Å². The lowest BCUT2D eigenvalue weighted by molar-refractivity contribution is 0.197. The van der Waals surface area contributed by atoms with Crippen molar-refractivity contribution < 1.29 is 8.42 Å². The van der Waals surface area contributed by atoms with Gasteiger partial charge in [-0.25, -0.2) is 12.7 Å². The molecule has 1 fully saturated rings. The van der Waals surface area contributed by atoms with Crippen molar-refractivity contribution in [3.8, 4) is 0 Å². The molecule has 1 aliphatic heterocycles. The molecule has 0 radical (unpaired) electrons. The maximum atomic E-state index is 12.3. The van der Waals surface area contributed by atoms with E-state index in [9.17, 15) is 8.42 Å². The number of hydrogen-bond acceptors (Lipinski definition) is 4. The summed E-state index contributed by atoms with van der Waals surface area (Å²) in [5, 5.41) is 3.32. The van der Waals surface area contributed by atoms with Gasteiger partial charge in [-0.1, -0.05) is 13.8 Å². The summed E-state index contributed by atoms with van der Waals surface area (Å²) >= 11 is 0. The zero-order chi connectivity index (χ0) is 15.2. The van der Waals surface area contributed by atoms with E-state index < -0.39 is 10.0 Å². The minimum atomic E-state index is -3.09. The van der Waals surface area contributed by atoms with Crippen molar-refractivity contribution in [3.63, 3.8) is 0 Å². The minimum absolute atomic E-state index is 0.185. The zero-order valence-electron chi connectivity index (χ0n) is 13.4. The molecule has 0 spiro atoms. The molecule has 0 aromatic carbocycles. The molecule has 6 heteroatoms. The Morgan fingerprint density at radius 3 is 2.40 bits per heavy atom. The van der Waals surface area contributed by atoms with E-state index in [0.717, 1.165) is 45.3 Å².